The first-order valence-electron chi connectivity index (χ1n) is 8.52. The third-order valence-electron chi connectivity index (χ3n) is 4.15. The van der Waals surface area contributed by atoms with Gasteiger partial charge in [-0.25, -0.2) is 0 Å². The molecule has 1 atom stereocenters. The molecular weight excluding hydrogens is 304 g/mol. The van der Waals surface area contributed by atoms with Crippen LogP contribution < -0.4 is 19.5 Å². The zero-order chi connectivity index (χ0) is 18.1. The molecule has 0 aromatic heterocycles. The van der Waals surface area contributed by atoms with E-state index < -0.39 is 0 Å². The lowest BCUT2D eigenvalue weighted by Gasteiger charge is -2.25. The summed E-state index contributed by atoms with van der Waals surface area (Å²) in [6.45, 7) is 7.72. The average Bonchev–Trinajstić information content (AvgIpc) is 2.59. The Kier molecular flexibility index (Phi) is 8.42. The van der Waals surface area contributed by atoms with Crippen LogP contribution in [0.15, 0.2) is 0 Å². The normalized spacial score (nSPS) is 11.7. The van der Waals surface area contributed by atoms with Crippen molar-refractivity contribution in [3.8, 4) is 23.3 Å². The van der Waals surface area contributed by atoms with E-state index in [4.69, 9.17) is 14.2 Å². The van der Waals surface area contributed by atoms with Crippen molar-refractivity contribution in [2.45, 2.75) is 46.0 Å². The number of hydrogen-bond donors (Lipinski definition) is 1. The Morgan fingerprint density at radius 1 is 1.00 bits per heavy atom. The van der Waals surface area contributed by atoms with Crippen LogP contribution in [0.25, 0.3) is 0 Å². The summed E-state index contributed by atoms with van der Waals surface area (Å²) in [5.41, 5.74) is 2.99. The van der Waals surface area contributed by atoms with E-state index in [1.807, 2.05) is 6.92 Å². The van der Waals surface area contributed by atoms with E-state index in [9.17, 15) is 5.26 Å². The van der Waals surface area contributed by atoms with E-state index >= 15 is 0 Å². The van der Waals surface area contributed by atoms with Crippen LogP contribution in [0.1, 0.15) is 49.3 Å². The molecule has 5 nitrogen and oxygen atoms in total. The third kappa shape index (κ3) is 4.12. The van der Waals surface area contributed by atoms with Crippen LogP contribution >= 0.6 is 0 Å². The molecule has 1 rings (SSSR count). The van der Waals surface area contributed by atoms with Crippen LogP contribution in [0.4, 0.5) is 0 Å². The number of hydrogen-bond acceptors (Lipinski definition) is 5. The monoisotopic (exact) mass is 334 g/mol. The molecule has 1 N–H and O–H groups in total. The molecule has 0 amide bonds. The van der Waals surface area contributed by atoms with Crippen LogP contribution in [0.5, 0.6) is 17.2 Å². The molecule has 0 heterocycles. The van der Waals surface area contributed by atoms with Crippen molar-refractivity contribution >= 4 is 0 Å². The first-order valence-corrected chi connectivity index (χ1v) is 8.52. The second kappa shape index (κ2) is 10.0. The standard InChI is InChI=1S/C19H30N2O3/c1-7-9-15-16(14(11-20)12-21-10-8-2)13(3)17(22-4)19(24-6)18(15)23-5/h14,21H,7-10,12H2,1-6H3. The average molecular weight is 334 g/mol. The molecule has 0 spiro atoms. The van der Waals surface area contributed by atoms with Gasteiger partial charge in [0.2, 0.25) is 5.75 Å². The molecular formula is C19H30N2O3. The van der Waals surface area contributed by atoms with Crippen LogP contribution in [0.3, 0.4) is 0 Å². The summed E-state index contributed by atoms with van der Waals surface area (Å²) in [5.74, 6) is 1.65. The Balaban J connectivity index is 3.57. The molecule has 0 aliphatic heterocycles. The van der Waals surface area contributed by atoms with E-state index in [1.165, 1.54) is 0 Å². The predicted molar refractivity (Wildman–Crippen MR) is 96.3 cm³/mol. The minimum Gasteiger partial charge on any atom is -0.492 e. The van der Waals surface area contributed by atoms with Crippen molar-refractivity contribution in [2.75, 3.05) is 34.4 Å². The molecule has 24 heavy (non-hydrogen) atoms. The molecule has 1 aromatic carbocycles. The van der Waals surface area contributed by atoms with Crippen molar-refractivity contribution in [1.29, 1.82) is 5.26 Å². The number of benzene rings is 1. The van der Waals surface area contributed by atoms with Gasteiger partial charge in [0.1, 0.15) is 0 Å². The van der Waals surface area contributed by atoms with Gasteiger partial charge in [0.05, 0.1) is 33.3 Å². The highest BCUT2D eigenvalue weighted by Gasteiger charge is 2.28. The van der Waals surface area contributed by atoms with E-state index in [2.05, 4.69) is 25.2 Å². The molecule has 1 aromatic rings. The fourth-order valence-electron chi connectivity index (χ4n) is 3.13. The fraction of sp³-hybridized carbons (Fsp3) is 0.632. The summed E-state index contributed by atoms with van der Waals surface area (Å²) in [6.07, 6.45) is 2.82. The fourth-order valence-corrected chi connectivity index (χ4v) is 3.13. The van der Waals surface area contributed by atoms with Gasteiger partial charge in [0.15, 0.2) is 11.5 Å². The van der Waals surface area contributed by atoms with Gasteiger partial charge in [0.25, 0.3) is 0 Å². The van der Waals surface area contributed by atoms with Gasteiger partial charge >= 0.3 is 0 Å². The van der Waals surface area contributed by atoms with E-state index in [0.717, 1.165) is 42.5 Å². The number of nitrogens with zero attached hydrogens (tertiary/aromatic N) is 1. The van der Waals surface area contributed by atoms with Gasteiger partial charge in [-0.2, -0.15) is 5.26 Å². The van der Waals surface area contributed by atoms with Crippen molar-refractivity contribution in [1.82, 2.24) is 5.32 Å². The minimum absolute atomic E-state index is 0.258. The first-order chi connectivity index (χ1) is 11.6. The lowest BCUT2D eigenvalue weighted by molar-refractivity contribution is 0.319. The Morgan fingerprint density at radius 2 is 1.62 bits per heavy atom. The molecule has 0 radical (unpaired) electrons. The number of methoxy groups -OCH3 is 3. The van der Waals surface area contributed by atoms with Crippen LogP contribution in [0.2, 0.25) is 0 Å². The maximum absolute atomic E-state index is 9.75. The molecule has 0 saturated carbocycles. The van der Waals surface area contributed by atoms with Gasteiger partial charge < -0.3 is 19.5 Å². The van der Waals surface area contributed by atoms with Crippen molar-refractivity contribution in [3.05, 3.63) is 16.7 Å². The minimum atomic E-state index is -0.258. The quantitative estimate of drug-likeness (QED) is 0.663. The maximum atomic E-state index is 9.75. The highest BCUT2D eigenvalue weighted by Crippen LogP contribution is 2.47. The topological polar surface area (TPSA) is 63.5 Å². The summed E-state index contributed by atoms with van der Waals surface area (Å²) in [6, 6.07) is 2.44. The van der Waals surface area contributed by atoms with E-state index in [1.54, 1.807) is 21.3 Å². The number of ether oxygens (including phenoxy) is 3. The summed E-state index contributed by atoms with van der Waals surface area (Å²) >= 11 is 0. The highest BCUT2D eigenvalue weighted by atomic mass is 16.5. The van der Waals surface area contributed by atoms with E-state index in [-0.39, 0.29) is 5.92 Å². The molecule has 0 aliphatic rings. The Hall–Kier alpha value is -1.93. The molecule has 134 valence electrons. The summed E-state index contributed by atoms with van der Waals surface area (Å²) < 4.78 is 16.8. The molecule has 0 fully saturated rings. The van der Waals surface area contributed by atoms with Crippen molar-refractivity contribution < 1.29 is 14.2 Å². The summed E-state index contributed by atoms with van der Waals surface area (Å²) in [4.78, 5) is 0. The molecule has 5 heteroatoms. The highest BCUT2D eigenvalue weighted by molar-refractivity contribution is 5.65. The van der Waals surface area contributed by atoms with Gasteiger partial charge in [-0.3, -0.25) is 0 Å². The smallest absolute Gasteiger partial charge is 0.203 e. The maximum Gasteiger partial charge on any atom is 0.203 e. The molecule has 1 unspecified atom stereocenters. The zero-order valence-electron chi connectivity index (χ0n) is 15.8. The first kappa shape index (κ1) is 20.1. The van der Waals surface area contributed by atoms with Crippen LogP contribution in [0, 0.1) is 18.3 Å². The summed E-state index contributed by atoms with van der Waals surface area (Å²) in [7, 11) is 4.86. The predicted octanol–water partition coefficient (Wildman–Crippen LogP) is 3.58. The second-order valence-electron chi connectivity index (χ2n) is 5.75. The van der Waals surface area contributed by atoms with Crippen molar-refractivity contribution in [3.63, 3.8) is 0 Å². The number of rotatable bonds is 10. The molecule has 0 bridgehead atoms. The van der Waals surface area contributed by atoms with Crippen LogP contribution in [-0.4, -0.2) is 34.4 Å². The van der Waals surface area contributed by atoms with Gasteiger partial charge in [-0.1, -0.05) is 20.3 Å². The Bertz CT molecular complexity index is 579. The number of nitriles is 1. The third-order valence-corrected chi connectivity index (χ3v) is 4.15. The second-order valence-corrected chi connectivity index (χ2v) is 5.75. The number of nitrogens with one attached hydrogen (secondary N) is 1. The molecule has 0 aliphatic carbocycles. The Morgan fingerprint density at radius 3 is 2.08 bits per heavy atom. The lowest BCUT2D eigenvalue weighted by atomic mass is 9.87. The summed E-state index contributed by atoms with van der Waals surface area (Å²) in [5, 5.41) is 13.1. The van der Waals surface area contributed by atoms with Crippen LogP contribution in [-0.2, 0) is 6.42 Å². The van der Waals surface area contributed by atoms with Gasteiger partial charge in [-0.05, 0) is 31.9 Å². The zero-order valence-corrected chi connectivity index (χ0v) is 15.8. The van der Waals surface area contributed by atoms with E-state index in [0.29, 0.717) is 23.8 Å². The SMILES string of the molecule is CCCNCC(C#N)c1c(C)c(OC)c(OC)c(OC)c1CCC. The van der Waals surface area contributed by atoms with Gasteiger partial charge in [-0.15, -0.1) is 0 Å². The lowest BCUT2D eigenvalue weighted by Crippen LogP contribution is -2.23. The van der Waals surface area contributed by atoms with Gasteiger partial charge in [0, 0.05) is 17.7 Å². The van der Waals surface area contributed by atoms with Crippen molar-refractivity contribution in [2.24, 2.45) is 0 Å². The molecule has 0 saturated heterocycles. The largest absolute Gasteiger partial charge is 0.492 e. The Labute approximate surface area is 145 Å².